The summed E-state index contributed by atoms with van der Waals surface area (Å²) in [6, 6.07) is 10.0. The van der Waals surface area contributed by atoms with E-state index in [0.29, 0.717) is 24.9 Å². The standard InChI is InChI=1S/C17H17N7O/c1-3-24-17(18-10-20-24)16-15(13-7-5-4-6-8-13)19-11-23(16)9-14-22-21-12(2)25-14/h4-8,10-11H,3,9H2,1-2H3. The van der Waals surface area contributed by atoms with Crippen LogP contribution >= 0.6 is 0 Å². The van der Waals surface area contributed by atoms with Crippen molar-refractivity contribution in [3.05, 3.63) is 54.8 Å². The molecule has 0 aliphatic carbocycles. The second-order valence-corrected chi connectivity index (χ2v) is 5.55. The molecule has 8 heteroatoms. The SMILES string of the molecule is CCn1ncnc1-c1c(-c2ccccc2)ncn1Cc1nnc(C)o1. The normalized spacial score (nSPS) is 11.1. The summed E-state index contributed by atoms with van der Waals surface area (Å²) < 4.78 is 9.33. The van der Waals surface area contributed by atoms with Gasteiger partial charge < -0.3 is 8.98 Å². The average Bonchev–Trinajstić information content (AvgIpc) is 3.35. The highest BCUT2D eigenvalue weighted by molar-refractivity contribution is 5.75. The zero-order chi connectivity index (χ0) is 17.2. The van der Waals surface area contributed by atoms with E-state index in [9.17, 15) is 0 Å². The Morgan fingerprint density at radius 2 is 1.92 bits per heavy atom. The fraction of sp³-hybridized carbons (Fsp3) is 0.235. The molecule has 0 spiro atoms. The van der Waals surface area contributed by atoms with Gasteiger partial charge in [0, 0.05) is 19.0 Å². The van der Waals surface area contributed by atoms with E-state index < -0.39 is 0 Å². The van der Waals surface area contributed by atoms with Crippen LogP contribution in [0.1, 0.15) is 18.7 Å². The first-order valence-corrected chi connectivity index (χ1v) is 8.04. The Balaban J connectivity index is 1.86. The summed E-state index contributed by atoms with van der Waals surface area (Å²) in [5.41, 5.74) is 2.74. The lowest BCUT2D eigenvalue weighted by Gasteiger charge is -2.09. The summed E-state index contributed by atoms with van der Waals surface area (Å²) in [6.45, 7) is 4.94. The predicted octanol–water partition coefficient (Wildman–Crippen LogP) is 2.57. The van der Waals surface area contributed by atoms with Crippen LogP contribution in [-0.4, -0.2) is 34.5 Å². The molecule has 3 aromatic heterocycles. The molecule has 0 saturated carbocycles. The monoisotopic (exact) mass is 335 g/mol. The summed E-state index contributed by atoms with van der Waals surface area (Å²) in [4.78, 5) is 9.06. The van der Waals surface area contributed by atoms with Gasteiger partial charge in [-0.3, -0.25) is 0 Å². The van der Waals surface area contributed by atoms with Crippen LogP contribution in [0.3, 0.4) is 0 Å². The fourth-order valence-electron chi connectivity index (χ4n) is 2.77. The van der Waals surface area contributed by atoms with Gasteiger partial charge in [0.25, 0.3) is 0 Å². The molecule has 1 aromatic carbocycles. The van der Waals surface area contributed by atoms with E-state index >= 15 is 0 Å². The van der Waals surface area contributed by atoms with Crippen LogP contribution in [0.4, 0.5) is 0 Å². The second kappa shape index (κ2) is 6.31. The van der Waals surface area contributed by atoms with Crippen molar-refractivity contribution in [1.82, 2.24) is 34.5 Å². The van der Waals surface area contributed by atoms with Gasteiger partial charge in [-0.15, -0.1) is 10.2 Å². The predicted molar refractivity (Wildman–Crippen MR) is 90.5 cm³/mol. The Kier molecular flexibility index (Phi) is 3.85. The number of nitrogens with zero attached hydrogens (tertiary/aromatic N) is 7. The van der Waals surface area contributed by atoms with Crippen molar-refractivity contribution < 1.29 is 4.42 Å². The van der Waals surface area contributed by atoms with Crippen LogP contribution in [0, 0.1) is 6.92 Å². The van der Waals surface area contributed by atoms with Crippen molar-refractivity contribution >= 4 is 0 Å². The van der Waals surface area contributed by atoms with Gasteiger partial charge in [-0.25, -0.2) is 14.6 Å². The highest BCUT2D eigenvalue weighted by Gasteiger charge is 2.20. The molecule has 4 rings (SSSR count). The number of rotatable bonds is 5. The highest BCUT2D eigenvalue weighted by atomic mass is 16.4. The molecule has 0 fully saturated rings. The maximum absolute atomic E-state index is 5.52. The van der Waals surface area contributed by atoms with Crippen LogP contribution in [0.5, 0.6) is 0 Å². The smallest absolute Gasteiger partial charge is 0.236 e. The van der Waals surface area contributed by atoms with Gasteiger partial charge in [-0.05, 0) is 6.92 Å². The molecular weight excluding hydrogens is 318 g/mol. The highest BCUT2D eigenvalue weighted by Crippen LogP contribution is 2.30. The molecule has 0 radical (unpaired) electrons. The minimum absolute atomic E-state index is 0.423. The Labute approximate surface area is 144 Å². The zero-order valence-corrected chi connectivity index (χ0v) is 14.0. The third-order valence-corrected chi connectivity index (χ3v) is 3.89. The first-order valence-electron chi connectivity index (χ1n) is 8.04. The molecule has 25 heavy (non-hydrogen) atoms. The van der Waals surface area contributed by atoms with Gasteiger partial charge in [0.2, 0.25) is 11.8 Å². The van der Waals surface area contributed by atoms with Crippen molar-refractivity contribution in [2.24, 2.45) is 0 Å². The molecule has 0 aliphatic rings. The Hall–Kier alpha value is -3.29. The molecule has 0 amide bonds. The fourth-order valence-corrected chi connectivity index (χ4v) is 2.77. The lowest BCUT2D eigenvalue weighted by molar-refractivity contribution is 0.455. The second-order valence-electron chi connectivity index (χ2n) is 5.55. The summed E-state index contributed by atoms with van der Waals surface area (Å²) in [5.74, 6) is 1.82. The molecule has 0 saturated heterocycles. The molecule has 0 N–H and O–H groups in total. The molecule has 4 aromatic rings. The van der Waals surface area contributed by atoms with E-state index in [1.54, 1.807) is 19.6 Å². The summed E-state index contributed by atoms with van der Waals surface area (Å²) in [7, 11) is 0. The number of aryl methyl sites for hydroxylation is 2. The zero-order valence-electron chi connectivity index (χ0n) is 14.0. The number of benzene rings is 1. The Morgan fingerprint density at radius 1 is 1.08 bits per heavy atom. The third-order valence-electron chi connectivity index (χ3n) is 3.89. The molecule has 0 bridgehead atoms. The number of aromatic nitrogens is 7. The Morgan fingerprint density at radius 3 is 2.64 bits per heavy atom. The van der Waals surface area contributed by atoms with Crippen molar-refractivity contribution in [3.8, 4) is 22.8 Å². The van der Waals surface area contributed by atoms with Crippen LogP contribution < -0.4 is 0 Å². The van der Waals surface area contributed by atoms with Crippen LogP contribution in [0.25, 0.3) is 22.8 Å². The maximum atomic E-state index is 5.52. The van der Waals surface area contributed by atoms with Gasteiger partial charge in [-0.1, -0.05) is 30.3 Å². The quantitative estimate of drug-likeness (QED) is 0.557. The number of imidazole rings is 1. The van der Waals surface area contributed by atoms with Crippen molar-refractivity contribution in [3.63, 3.8) is 0 Å². The van der Waals surface area contributed by atoms with Gasteiger partial charge in [0.15, 0.2) is 5.82 Å². The van der Waals surface area contributed by atoms with Crippen LogP contribution in [-0.2, 0) is 13.1 Å². The van der Waals surface area contributed by atoms with E-state index in [1.165, 1.54) is 0 Å². The summed E-state index contributed by atoms with van der Waals surface area (Å²) in [5, 5.41) is 12.3. The largest absolute Gasteiger partial charge is 0.424 e. The van der Waals surface area contributed by atoms with Crippen LogP contribution in [0.15, 0.2) is 47.4 Å². The summed E-state index contributed by atoms with van der Waals surface area (Å²) >= 11 is 0. The van der Waals surface area contributed by atoms with Crippen LogP contribution in [0.2, 0.25) is 0 Å². The average molecular weight is 335 g/mol. The minimum Gasteiger partial charge on any atom is -0.424 e. The lowest BCUT2D eigenvalue weighted by Crippen LogP contribution is -2.07. The van der Waals surface area contributed by atoms with E-state index in [0.717, 1.165) is 22.8 Å². The van der Waals surface area contributed by atoms with Crippen molar-refractivity contribution in [2.75, 3.05) is 0 Å². The molecule has 3 heterocycles. The number of hydrogen-bond acceptors (Lipinski definition) is 6. The first-order chi connectivity index (χ1) is 12.3. The molecule has 0 unspecified atom stereocenters. The first kappa shape index (κ1) is 15.3. The molecule has 126 valence electrons. The minimum atomic E-state index is 0.423. The third kappa shape index (κ3) is 2.82. The Bertz CT molecular complexity index is 984. The van der Waals surface area contributed by atoms with E-state index in [-0.39, 0.29) is 0 Å². The summed E-state index contributed by atoms with van der Waals surface area (Å²) in [6.07, 6.45) is 3.33. The van der Waals surface area contributed by atoms with Crippen molar-refractivity contribution in [2.45, 2.75) is 26.9 Å². The van der Waals surface area contributed by atoms with E-state index in [4.69, 9.17) is 4.42 Å². The van der Waals surface area contributed by atoms with Gasteiger partial charge in [-0.2, -0.15) is 5.10 Å². The topological polar surface area (TPSA) is 87.5 Å². The maximum Gasteiger partial charge on any atom is 0.236 e. The molecular formula is C17H17N7O. The molecule has 0 atom stereocenters. The van der Waals surface area contributed by atoms with E-state index in [2.05, 4.69) is 25.3 Å². The van der Waals surface area contributed by atoms with Crippen molar-refractivity contribution in [1.29, 1.82) is 0 Å². The van der Waals surface area contributed by atoms with E-state index in [1.807, 2.05) is 46.5 Å². The lowest BCUT2D eigenvalue weighted by atomic mass is 10.1. The van der Waals surface area contributed by atoms with Gasteiger partial charge in [0.1, 0.15) is 18.6 Å². The number of hydrogen-bond donors (Lipinski definition) is 0. The molecule has 8 nitrogen and oxygen atoms in total. The molecule has 0 aliphatic heterocycles. The van der Waals surface area contributed by atoms with Gasteiger partial charge >= 0.3 is 0 Å². The van der Waals surface area contributed by atoms with Gasteiger partial charge in [0.05, 0.1) is 12.0 Å².